The molecule has 0 spiro atoms. The van der Waals surface area contributed by atoms with Crippen LogP contribution < -0.4 is 5.69 Å². The molecular formula is C24H25N7O3. The normalized spacial score (nSPS) is 18.8. The third-order valence-corrected chi connectivity index (χ3v) is 6.52. The van der Waals surface area contributed by atoms with Crippen molar-refractivity contribution in [3.05, 3.63) is 47.7 Å². The third-order valence-electron chi connectivity index (χ3n) is 6.52. The first-order chi connectivity index (χ1) is 16.5. The molecule has 1 aliphatic rings. The van der Waals surface area contributed by atoms with Gasteiger partial charge in [0.15, 0.2) is 11.2 Å². The van der Waals surface area contributed by atoms with Crippen molar-refractivity contribution in [1.29, 1.82) is 0 Å². The molecule has 5 aromatic heterocycles. The molecule has 0 unspecified atom stereocenters. The molecule has 0 N–H and O–H groups in total. The van der Waals surface area contributed by atoms with E-state index in [1.807, 2.05) is 37.1 Å². The first-order valence-electron chi connectivity index (χ1n) is 11.5. The van der Waals surface area contributed by atoms with Gasteiger partial charge in [0.25, 0.3) is 0 Å². The highest BCUT2D eigenvalue weighted by molar-refractivity contribution is 6.07. The zero-order valence-electron chi connectivity index (χ0n) is 19.3. The zero-order valence-corrected chi connectivity index (χ0v) is 19.3. The maximum absolute atomic E-state index is 13.5. The Kier molecular flexibility index (Phi) is 4.84. The summed E-state index contributed by atoms with van der Waals surface area (Å²) in [4.78, 5) is 27.0. The average molecular weight is 460 g/mol. The van der Waals surface area contributed by atoms with Gasteiger partial charge in [-0.25, -0.2) is 9.78 Å². The van der Waals surface area contributed by atoms with Crippen LogP contribution in [0.5, 0.6) is 0 Å². The van der Waals surface area contributed by atoms with Crippen molar-refractivity contribution >= 4 is 22.1 Å². The third kappa shape index (κ3) is 3.33. The molecule has 6 heterocycles. The van der Waals surface area contributed by atoms with Crippen LogP contribution in [0, 0.1) is 0 Å². The fraction of sp³-hybridized carbons (Fsp3) is 0.375. The van der Waals surface area contributed by atoms with Gasteiger partial charge >= 0.3 is 5.69 Å². The summed E-state index contributed by atoms with van der Waals surface area (Å²) in [6.45, 7) is 2.71. The van der Waals surface area contributed by atoms with Gasteiger partial charge in [0.1, 0.15) is 16.9 Å². The predicted octanol–water partition coefficient (Wildman–Crippen LogP) is 3.47. The van der Waals surface area contributed by atoms with Crippen molar-refractivity contribution in [3.8, 4) is 22.6 Å². The summed E-state index contributed by atoms with van der Waals surface area (Å²) < 4.78 is 17.5. The van der Waals surface area contributed by atoms with Gasteiger partial charge in [-0.3, -0.25) is 14.2 Å². The van der Waals surface area contributed by atoms with Gasteiger partial charge in [0, 0.05) is 50.1 Å². The highest BCUT2D eigenvalue weighted by atomic mass is 16.5. The number of hydrogen-bond acceptors (Lipinski definition) is 7. The van der Waals surface area contributed by atoms with E-state index in [2.05, 4.69) is 27.0 Å². The number of furan rings is 1. The van der Waals surface area contributed by atoms with E-state index in [4.69, 9.17) is 9.15 Å². The second-order valence-electron chi connectivity index (χ2n) is 8.86. The summed E-state index contributed by atoms with van der Waals surface area (Å²) in [5.41, 5.74) is 4.27. The summed E-state index contributed by atoms with van der Waals surface area (Å²) in [6, 6.07) is 1.92. The zero-order chi connectivity index (χ0) is 23.4. The van der Waals surface area contributed by atoms with Crippen molar-refractivity contribution in [3.63, 3.8) is 0 Å². The van der Waals surface area contributed by atoms with Crippen LogP contribution in [-0.4, -0.2) is 46.6 Å². The molecule has 0 radical (unpaired) electrons. The lowest BCUT2D eigenvalue weighted by Crippen LogP contribution is -2.34. The van der Waals surface area contributed by atoms with Crippen molar-refractivity contribution in [2.75, 3.05) is 6.61 Å². The number of hydrogen-bond donors (Lipinski definition) is 0. The fourth-order valence-corrected chi connectivity index (χ4v) is 4.83. The van der Waals surface area contributed by atoms with E-state index in [9.17, 15) is 4.79 Å². The van der Waals surface area contributed by atoms with Crippen LogP contribution in [0.15, 0.2) is 46.4 Å². The van der Waals surface area contributed by atoms with Crippen molar-refractivity contribution in [2.45, 2.75) is 38.3 Å². The Morgan fingerprint density at radius 2 is 2.03 bits per heavy atom. The number of pyridine rings is 1. The number of ether oxygens (including phenoxy) is 1. The van der Waals surface area contributed by atoms with Gasteiger partial charge in [-0.2, -0.15) is 10.1 Å². The molecule has 34 heavy (non-hydrogen) atoms. The Balaban J connectivity index is 1.65. The van der Waals surface area contributed by atoms with Crippen molar-refractivity contribution in [1.82, 2.24) is 33.9 Å². The Bertz CT molecular complexity index is 1570. The SMILES string of the molecule is CC[C@H]1C[C@@H](n2c(=O)nc(-c3cnn(C)c3)c3oc4cnc(-c5cn(C)cn5)cc4c32)CCO1. The largest absolute Gasteiger partial charge is 0.450 e. The molecule has 0 amide bonds. The summed E-state index contributed by atoms with van der Waals surface area (Å²) in [5, 5.41) is 5.07. The van der Waals surface area contributed by atoms with Crippen LogP contribution >= 0.6 is 0 Å². The van der Waals surface area contributed by atoms with Gasteiger partial charge in [-0.1, -0.05) is 6.92 Å². The molecule has 1 aliphatic heterocycles. The minimum Gasteiger partial charge on any atom is -0.450 e. The molecule has 1 saturated heterocycles. The first-order valence-corrected chi connectivity index (χ1v) is 11.5. The maximum atomic E-state index is 13.5. The standard InChI is InChI=1S/C24H25N7O3/c1-4-16-7-15(5-6-33-16)31-22-17-8-18(19-12-29(2)13-26-19)25-10-20(17)34-23(22)21(28-24(31)32)14-9-27-30(3)11-14/h8-13,15-16H,4-7H2,1-3H3/t15-,16-/m0/s1. The molecular weight excluding hydrogens is 434 g/mol. The van der Waals surface area contributed by atoms with E-state index in [0.717, 1.165) is 41.4 Å². The summed E-state index contributed by atoms with van der Waals surface area (Å²) in [5.74, 6) is 0. The second kappa shape index (κ2) is 7.91. The molecule has 174 valence electrons. The van der Waals surface area contributed by atoms with E-state index in [-0.39, 0.29) is 17.8 Å². The molecule has 0 saturated carbocycles. The van der Waals surface area contributed by atoms with E-state index in [1.54, 1.807) is 28.0 Å². The summed E-state index contributed by atoms with van der Waals surface area (Å²) in [6.07, 6.45) is 11.4. The lowest BCUT2D eigenvalue weighted by molar-refractivity contribution is -0.00709. The van der Waals surface area contributed by atoms with Gasteiger partial charge in [0.2, 0.25) is 0 Å². The lowest BCUT2D eigenvalue weighted by Gasteiger charge is -2.30. The molecule has 0 aliphatic carbocycles. The highest BCUT2D eigenvalue weighted by Crippen LogP contribution is 2.37. The monoisotopic (exact) mass is 459 g/mol. The minimum absolute atomic E-state index is 0.0311. The molecule has 10 nitrogen and oxygen atoms in total. The topological polar surface area (TPSA) is 106 Å². The molecule has 10 heteroatoms. The van der Waals surface area contributed by atoms with Crippen LogP contribution in [0.1, 0.15) is 32.2 Å². The van der Waals surface area contributed by atoms with Gasteiger partial charge in [-0.05, 0) is 25.3 Å². The molecule has 6 rings (SSSR count). The number of aromatic nitrogens is 7. The van der Waals surface area contributed by atoms with Crippen LogP contribution in [0.25, 0.3) is 44.7 Å². The summed E-state index contributed by atoms with van der Waals surface area (Å²) >= 11 is 0. The number of rotatable bonds is 4. The van der Waals surface area contributed by atoms with Gasteiger partial charge in [0.05, 0.1) is 30.5 Å². The predicted molar refractivity (Wildman–Crippen MR) is 126 cm³/mol. The van der Waals surface area contributed by atoms with Crippen LogP contribution in [-0.2, 0) is 18.8 Å². The van der Waals surface area contributed by atoms with Crippen LogP contribution in [0.3, 0.4) is 0 Å². The molecule has 2 atom stereocenters. The van der Waals surface area contributed by atoms with E-state index < -0.39 is 0 Å². The maximum Gasteiger partial charge on any atom is 0.349 e. The molecule has 1 fully saturated rings. The van der Waals surface area contributed by atoms with E-state index in [1.165, 1.54) is 0 Å². The average Bonchev–Trinajstić information content (AvgIpc) is 3.57. The molecule has 0 aromatic carbocycles. The number of fused-ring (bicyclic) bond motifs is 3. The number of nitrogens with zero attached hydrogens (tertiary/aromatic N) is 7. The Labute approximate surface area is 194 Å². The summed E-state index contributed by atoms with van der Waals surface area (Å²) in [7, 11) is 3.75. The fourth-order valence-electron chi connectivity index (χ4n) is 4.83. The second-order valence-corrected chi connectivity index (χ2v) is 8.86. The Morgan fingerprint density at radius 3 is 2.76 bits per heavy atom. The lowest BCUT2D eigenvalue weighted by atomic mass is 10.0. The van der Waals surface area contributed by atoms with Crippen LogP contribution in [0.2, 0.25) is 0 Å². The number of imidazole rings is 1. The van der Waals surface area contributed by atoms with Crippen molar-refractivity contribution < 1.29 is 9.15 Å². The van der Waals surface area contributed by atoms with E-state index >= 15 is 0 Å². The minimum atomic E-state index is -0.299. The van der Waals surface area contributed by atoms with Gasteiger partial charge < -0.3 is 13.7 Å². The van der Waals surface area contributed by atoms with Crippen LogP contribution in [0.4, 0.5) is 0 Å². The smallest absolute Gasteiger partial charge is 0.349 e. The Hall–Kier alpha value is -3.79. The molecule has 5 aromatic rings. The van der Waals surface area contributed by atoms with E-state index in [0.29, 0.717) is 29.2 Å². The van der Waals surface area contributed by atoms with Gasteiger partial charge in [-0.15, -0.1) is 0 Å². The Morgan fingerprint density at radius 1 is 1.15 bits per heavy atom. The van der Waals surface area contributed by atoms with Crippen molar-refractivity contribution in [2.24, 2.45) is 14.1 Å². The molecule has 0 bridgehead atoms. The quantitative estimate of drug-likeness (QED) is 0.405. The highest BCUT2D eigenvalue weighted by Gasteiger charge is 2.29. The number of aryl methyl sites for hydroxylation is 2. The first kappa shape index (κ1) is 20.8.